The van der Waals surface area contributed by atoms with Gasteiger partial charge in [-0.3, -0.25) is 9.59 Å². The molecule has 1 aliphatic rings. The zero-order valence-electron chi connectivity index (χ0n) is 19.0. The molecule has 4 rings (SSSR count). The number of rotatable bonds is 7. The molecule has 0 bridgehead atoms. The number of aryl methyl sites for hydroxylation is 1. The van der Waals surface area contributed by atoms with Gasteiger partial charge in [0.1, 0.15) is 18.4 Å². The number of carbonyl (C=O) groups is 2. The van der Waals surface area contributed by atoms with Crippen LogP contribution in [0.2, 0.25) is 0 Å². The molecule has 0 radical (unpaired) electrons. The Kier molecular flexibility index (Phi) is 7.40. The largest absolute Gasteiger partial charge is 0.489 e. The highest BCUT2D eigenvalue weighted by Crippen LogP contribution is 2.17. The van der Waals surface area contributed by atoms with Gasteiger partial charge in [-0.15, -0.1) is 0 Å². The van der Waals surface area contributed by atoms with Crippen molar-refractivity contribution in [3.63, 3.8) is 0 Å². The highest BCUT2D eigenvalue weighted by Gasteiger charge is 2.28. The van der Waals surface area contributed by atoms with Crippen molar-refractivity contribution in [3.05, 3.63) is 101 Å². The molecule has 170 valence electrons. The fourth-order valence-electron chi connectivity index (χ4n) is 3.99. The van der Waals surface area contributed by atoms with E-state index in [9.17, 15) is 9.59 Å². The van der Waals surface area contributed by atoms with Crippen molar-refractivity contribution in [3.8, 4) is 5.75 Å². The summed E-state index contributed by atoms with van der Waals surface area (Å²) in [7, 11) is 0. The monoisotopic (exact) mass is 442 g/mol. The van der Waals surface area contributed by atoms with Crippen LogP contribution in [0.3, 0.4) is 0 Å². The van der Waals surface area contributed by atoms with Gasteiger partial charge in [0.25, 0.3) is 5.91 Å². The maximum Gasteiger partial charge on any atom is 0.251 e. The second-order valence-corrected chi connectivity index (χ2v) is 8.57. The van der Waals surface area contributed by atoms with Gasteiger partial charge in [0.05, 0.1) is 0 Å². The molecule has 1 aliphatic heterocycles. The molecule has 0 aliphatic carbocycles. The summed E-state index contributed by atoms with van der Waals surface area (Å²) in [4.78, 5) is 27.9. The standard InChI is InChI=1S/C28H30N2O3/c1-21-10-12-22(13-11-21)19-30-18-6-5-9-26(28(30)32)29-27(31)24-16-14-23(15-17-24)20-33-25-7-3-2-4-8-25/h2-4,7-8,10-17,26H,5-6,9,18-20H2,1H3,(H,29,31). The Morgan fingerprint density at radius 3 is 2.36 bits per heavy atom. The van der Waals surface area contributed by atoms with E-state index in [1.54, 1.807) is 12.1 Å². The van der Waals surface area contributed by atoms with Crippen molar-refractivity contribution >= 4 is 11.8 Å². The van der Waals surface area contributed by atoms with Crippen molar-refractivity contribution in [2.45, 2.75) is 45.4 Å². The van der Waals surface area contributed by atoms with Crippen LogP contribution in [0, 0.1) is 6.92 Å². The molecule has 3 aromatic carbocycles. The van der Waals surface area contributed by atoms with E-state index in [-0.39, 0.29) is 11.8 Å². The molecule has 1 unspecified atom stereocenters. The molecule has 1 heterocycles. The van der Waals surface area contributed by atoms with E-state index < -0.39 is 6.04 Å². The molecule has 0 saturated carbocycles. The van der Waals surface area contributed by atoms with Crippen LogP contribution in [0.4, 0.5) is 0 Å². The van der Waals surface area contributed by atoms with E-state index >= 15 is 0 Å². The zero-order chi connectivity index (χ0) is 23.0. The highest BCUT2D eigenvalue weighted by atomic mass is 16.5. The minimum Gasteiger partial charge on any atom is -0.489 e. The Labute approximate surface area is 195 Å². The minimum absolute atomic E-state index is 0.00527. The first kappa shape index (κ1) is 22.6. The SMILES string of the molecule is Cc1ccc(CN2CCCCC(NC(=O)c3ccc(COc4ccccc4)cc3)C2=O)cc1. The number of ether oxygens (including phenoxy) is 1. The highest BCUT2D eigenvalue weighted by molar-refractivity contribution is 5.97. The number of carbonyl (C=O) groups excluding carboxylic acids is 2. The predicted octanol–water partition coefficient (Wildman–Crippen LogP) is 4.89. The second kappa shape index (κ2) is 10.8. The van der Waals surface area contributed by atoms with Crippen LogP contribution in [0.15, 0.2) is 78.9 Å². The number of para-hydroxylation sites is 1. The van der Waals surface area contributed by atoms with Gasteiger partial charge in [-0.2, -0.15) is 0 Å². The quantitative estimate of drug-likeness (QED) is 0.567. The number of benzene rings is 3. The van der Waals surface area contributed by atoms with Crippen LogP contribution in [0.1, 0.15) is 46.3 Å². The lowest BCUT2D eigenvalue weighted by molar-refractivity contribution is -0.133. The van der Waals surface area contributed by atoms with Gasteiger partial charge in [-0.1, -0.05) is 60.2 Å². The molecule has 1 N–H and O–H groups in total. The first-order chi connectivity index (χ1) is 16.1. The van der Waals surface area contributed by atoms with Crippen LogP contribution in [-0.4, -0.2) is 29.3 Å². The fourth-order valence-corrected chi connectivity index (χ4v) is 3.99. The molecule has 3 aromatic rings. The van der Waals surface area contributed by atoms with Crippen LogP contribution in [0.5, 0.6) is 5.75 Å². The van der Waals surface area contributed by atoms with E-state index in [0.717, 1.165) is 36.3 Å². The lowest BCUT2D eigenvalue weighted by Gasteiger charge is -2.25. The molecule has 33 heavy (non-hydrogen) atoms. The number of nitrogens with one attached hydrogen (secondary N) is 1. The third-order valence-corrected chi connectivity index (χ3v) is 5.94. The number of likely N-dealkylation sites (tertiary alicyclic amines) is 1. The summed E-state index contributed by atoms with van der Waals surface area (Å²) in [5.74, 6) is 0.580. The second-order valence-electron chi connectivity index (χ2n) is 8.57. The topological polar surface area (TPSA) is 58.6 Å². The van der Waals surface area contributed by atoms with E-state index in [1.807, 2.05) is 47.4 Å². The maximum absolute atomic E-state index is 13.2. The van der Waals surface area contributed by atoms with Gasteiger partial charge in [-0.25, -0.2) is 0 Å². The Morgan fingerprint density at radius 1 is 0.939 bits per heavy atom. The Balaban J connectivity index is 1.35. The molecule has 1 fully saturated rings. The number of nitrogens with zero attached hydrogens (tertiary/aromatic N) is 1. The van der Waals surface area contributed by atoms with Gasteiger partial charge in [-0.05, 0) is 61.6 Å². The van der Waals surface area contributed by atoms with Crippen LogP contribution >= 0.6 is 0 Å². The fraction of sp³-hybridized carbons (Fsp3) is 0.286. The molecule has 1 atom stereocenters. The lowest BCUT2D eigenvalue weighted by atomic mass is 10.1. The third kappa shape index (κ3) is 6.22. The summed E-state index contributed by atoms with van der Waals surface area (Å²) < 4.78 is 5.76. The van der Waals surface area contributed by atoms with E-state index in [4.69, 9.17) is 4.74 Å². The number of amides is 2. The molecule has 0 aromatic heterocycles. The van der Waals surface area contributed by atoms with Crippen molar-refractivity contribution in [1.82, 2.24) is 10.2 Å². The molecule has 5 heteroatoms. The third-order valence-electron chi connectivity index (χ3n) is 5.94. The van der Waals surface area contributed by atoms with Gasteiger partial charge in [0.2, 0.25) is 5.91 Å². The predicted molar refractivity (Wildman–Crippen MR) is 129 cm³/mol. The van der Waals surface area contributed by atoms with E-state index in [2.05, 4.69) is 36.5 Å². The molecule has 1 saturated heterocycles. The van der Waals surface area contributed by atoms with Crippen LogP contribution in [0.25, 0.3) is 0 Å². The smallest absolute Gasteiger partial charge is 0.251 e. The average Bonchev–Trinajstić information content (AvgIpc) is 3.01. The van der Waals surface area contributed by atoms with Gasteiger partial charge in [0.15, 0.2) is 0 Å². The summed E-state index contributed by atoms with van der Waals surface area (Å²) in [5, 5.41) is 2.97. The Morgan fingerprint density at radius 2 is 1.64 bits per heavy atom. The van der Waals surface area contributed by atoms with Crippen molar-refractivity contribution in [1.29, 1.82) is 0 Å². The lowest BCUT2D eigenvalue weighted by Crippen LogP contribution is -2.47. The summed E-state index contributed by atoms with van der Waals surface area (Å²) >= 11 is 0. The zero-order valence-corrected chi connectivity index (χ0v) is 19.0. The molecule has 0 spiro atoms. The van der Waals surface area contributed by atoms with E-state index in [1.165, 1.54) is 5.56 Å². The summed E-state index contributed by atoms with van der Waals surface area (Å²) in [6.07, 6.45) is 2.52. The number of hydrogen-bond donors (Lipinski definition) is 1. The van der Waals surface area contributed by atoms with Crippen LogP contribution < -0.4 is 10.1 Å². The van der Waals surface area contributed by atoms with Gasteiger partial charge >= 0.3 is 0 Å². The number of hydrogen-bond acceptors (Lipinski definition) is 3. The summed E-state index contributed by atoms with van der Waals surface area (Å²) in [6, 6.07) is 24.7. The van der Waals surface area contributed by atoms with Crippen molar-refractivity contribution in [2.24, 2.45) is 0 Å². The maximum atomic E-state index is 13.2. The Hall–Kier alpha value is -3.60. The van der Waals surface area contributed by atoms with Gasteiger partial charge < -0.3 is 15.0 Å². The van der Waals surface area contributed by atoms with E-state index in [0.29, 0.717) is 25.1 Å². The molecular formula is C28H30N2O3. The summed E-state index contributed by atoms with van der Waals surface area (Å²) in [6.45, 7) is 3.77. The Bertz CT molecular complexity index is 1060. The minimum atomic E-state index is -0.494. The van der Waals surface area contributed by atoms with Crippen LogP contribution in [-0.2, 0) is 17.9 Å². The summed E-state index contributed by atoms with van der Waals surface area (Å²) in [5.41, 5.74) is 3.82. The van der Waals surface area contributed by atoms with Gasteiger partial charge in [0, 0.05) is 18.7 Å². The molecular weight excluding hydrogens is 412 g/mol. The normalized spacial score (nSPS) is 16.2. The molecule has 2 amide bonds. The van der Waals surface area contributed by atoms with Crippen molar-refractivity contribution in [2.75, 3.05) is 6.54 Å². The first-order valence-electron chi connectivity index (χ1n) is 11.5. The first-order valence-corrected chi connectivity index (χ1v) is 11.5. The molecule has 5 nitrogen and oxygen atoms in total. The average molecular weight is 443 g/mol. The van der Waals surface area contributed by atoms with Crippen molar-refractivity contribution < 1.29 is 14.3 Å².